The number of benzene rings is 1. The van der Waals surface area contributed by atoms with Gasteiger partial charge >= 0.3 is 0 Å². The van der Waals surface area contributed by atoms with Crippen LogP contribution < -0.4 is 0 Å². The maximum Gasteiger partial charge on any atom is 0.207 e. The number of rotatable bonds is 4. The molecule has 1 aliphatic rings. The van der Waals surface area contributed by atoms with Crippen molar-refractivity contribution in [3.05, 3.63) is 41.8 Å². The molecule has 0 radical (unpaired) electrons. The van der Waals surface area contributed by atoms with Crippen LogP contribution in [0.1, 0.15) is 19.4 Å². The summed E-state index contributed by atoms with van der Waals surface area (Å²) < 4.78 is 0. The smallest absolute Gasteiger partial charge is 0.207 e. The predicted octanol–water partition coefficient (Wildman–Crippen LogP) is 2.05. The van der Waals surface area contributed by atoms with Crippen molar-refractivity contribution >= 4 is 11.9 Å². The minimum atomic E-state index is -0.405. The molecule has 1 atom stereocenters. The van der Waals surface area contributed by atoms with Crippen molar-refractivity contribution in [1.82, 2.24) is 10.0 Å². The molecule has 0 amide bonds. The van der Waals surface area contributed by atoms with Gasteiger partial charge in [-0.25, -0.2) is 5.01 Å². The summed E-state index contributed by atoms with van der Waals surface area (Å²) in [4.78, 5) is 11.4. The minimum Gasteiger partial charge on any atom is -0.494 e. The molecule has 0 saturated carbocycles. The van der Waals surface area contributed by atoms with E-state index in [1.807, 2.05) is 49.2 Å². The molecule has 1 aromatic rings. The summed E-state index contributed by atoms with van der Waals surface area (Å²) in [6.45, 7) is 5.24. The number of hydrogen-bond acceptors (Lipinski definition) is 4. The Bertz CT molecular complexity index is 456. The van der Waals surface area contributed by atoms with Gasteiger partial charge < -0.3 is 9.90 Å². The number of aldehydes is 1. The molecule has 0 saturated heterocycles. The van der Waals surface area contributed by atoms with Crippen molar-refractivity contribution in [2.45, 2.75) is 19.9 Å². The van der Waals surface area contributed by atoms with Gasteiger partial charge in [0.15, 0.2) is 0 Å². The molecule has 1 aromatic carbocycles. The SMILES string of the molecule is CCN1C(O)=C(c2ccccc2)C(C=O)N1CC. The molecule has 4 nitrogen and oxygen atoms in total. The van der Waals surface area contributed by atoms with Gasteiger partial charge in [0.1, 0.15) is 12.3 Å². The van der Waals surface area contributed by atoms with E-state index in [1.54, 1.807) is 5.01 Å². The first-order valence-corrected chi connectivity index (χ1v) is 6.22. The Morgan fingerprint density at radius 2 is 1.89 bits per heavy atom. The number of carbonyl (C=O) groups excluding carboxylic acids is 1. The van der Waals surface area contributed by atoms with Crippen LogP contribution in [0, 0.1) is 0 Å². The Morgan fingerprint density at radius 3 is 2.39 bits per heavy atom. The summed E-state index contributed by atoms with van der Waals surface area (Å²) in [6.07, 6.45) is 0.887. The maximum absolute atomic E-state index is 11.4. The fourth-order valence-corrected chi connectivity index (χ4v) is 2.45. The number of nitrogens with zero attached hydrogens (tertiary/aromatic N) is 2. The van der Waals surface area contributed by atoms with Crippen LogP contribution in [0.2, 0.25) is 0 Å². The number of hydrogen-bond donors (Lipinski definition) is 1. The summed E-state index contributed by atoms with van der Waals surface area (Å²) >= 11 is 0. The molecular weight excluding hydrogens is 228 g/mol. The number of hydrazine groups is 1. The zero-order chi connectivity index (χ0) is 13.1. The molecule has 0 aromatic heterocycles. The van der Waals surface area contributed by atoms with Crippen molar-refractivity contribution in [3.63, 3.8) is 0 Å². The molecule has 96 valence electrons. The van der Waals surface area contributed by atoms with E-state index >= 15 is 0 Å². The Kier molecular flexibility index (Phi) is 3.67. The number of likely N-dealkylation sites (N-methyl/N-ethyl adjacent to an activating group) is 1. The average molecular weight is 246 g/mol. The molecule has 2 rings (SSSR count). The molecule has 1 unspecified atom stereocenters. The first-order chi connectivity index (χ1) is 8.74. The highest BCUT2D eigenvalue weighted by atomic mass is 16.3. The van der Waals surface area contributed by atoms with Crippen LogP contribution in [0.5, 0.6) is 0 Å². The molecule has 1 aliphatic heterocycles. The lowest BCUT2D eigenvalue weighted by Crippen LogP contribution is -2.43. The van der Waals surface area contributed by atoms with Gasteiger partial charge in [-0.15, -0.1) is 0 Å². The van der Waals surface area contributed by atoms with E-state index in [1.165, 1.54) is 0 Å². The lowest BCUT2D eigenvalue weighted by Gasteiger charge is -2.30. The van der Waals surface area contributed by atoms with E-state index in [0.29, 0.717) is 18.7 Å². The predicted molar refractivity (Wildman–Crippen MR) is 70.6 cm³/mol. The van der Waals surface area contributed by atoms with Gasteiger partial charge in [0, 0.05) is 18.7 Å². The molecule has 4 heteroatoms. The third kappa shape index (κ3) is 1.88. The van der Waals surface area contributed by atoms with Crippen LogP contribution in [0.15, 0.2) is 36.2 Å². The molecule has 1 N–H and O–H groups in total. The third-order valence-corrected chi connectivity index (χ3v) is 3.25. The Labute approximate surface area is 107 Å². The number of carbonyl (C=O) groups is 1. The van der Waals surface area contributed by atoms with Crippen LogP contribution in [0.4, 0.5) is 0 Å². The lowest BCUT2D eigenvalue weighted by molar-refractivity contribution is -0.115. The van der Waals surface area contributed by atoms with E-state index < -0.39 is 6.04 Å². The van der Waals surface area contributed by atoms with Gasteiger partial charge in [-0.3, -0.25) is 5.01 Å². The van der Waals surface area contributed by atoms with Crippen molar-refractivity contribution in [2.75, 3.05) is 13.1 Å². The topological polar surface area (TPSA) is 43.8 Å². The van der Waals surface area contributed by atoms with Crippen LogP contribution in [0.25, 0.3) is 5.57 Å². The molecule has 0 spiro atoms. The van der Waals surface area contributed by atoms with Crippen LogP contribution in [-0.2, 0) is 4.79 Å². The number of aliphatic hydroxyl groups is 1. The second kappa shape index (κ2) is 5.23. The maximum atomic E-state index is 11.4. The van der Waals surface area contributed by atoms with Crippen molar-refractivity contribution in [1.29, 1.82) is 0 Å². The summed E-state index contributed by atoms with van der Waals surface area (Å²) in [7, 11) is 0. The first-order valence-electron chi connectivity index (χ1n) is 6.22. The van der Waals surface area contributed by atoms with E-state index in [9.17, 15) is 9.90 Å². The second-order valence-electron chi connectivity index (χ2n) is 4.16. The fraction of sp³-hybridized carbons (Fsp3) is 0.357. The monoisotopic (exact) mass is 246 g/mol. The molecular formula is C14H18N2O2. The van der Waals surface area contributed by atoms with Gasteiger partial charge in [-0.1, -0.05) is 37.3 Å². The van der Waals surface area contributed by atoms with Gasteiger partial charge in [-0.2, -0.15) is 0 Å². The highest BCUT2D eigenvalue weighted by Crippen LogP contribution is 2.33. The fourth-order valence-electron chi connectivity index (χ4n) is 2.45. The second-order valence-corrected chi connectivity index (χ2v) is 4.16. The molecule has 0 bridgehead atoms. The first kappa shape index (κ1) is 12.6. The Balaban J connectivity index is 2.49. The summed E-state index contributed by atoms with van der Waals surface area (Å²) in [5.74, 6) is 0.183. The van der Waals surface area contributed by atoms with Gasteiger partial charge in [-0.05, 0) is 12.5 Å². The van der Waals surface area contributed by atoms with Gasteiger partial charge in [0.05, 0.1) is 0 Å². The van der Waals surface area contributed by atoms with E-state index in [0.717, 1.165) is 11.8 Å². The number of aliphatic hydroxyl groups excluding tert-OH is 1. The average Bonchev–Trinajstić information content (AvgIpc) is 2.70. The molecule has 18 heavy (non-hydrogen) atoms. The minimum absolute atomic E-state index is 0.183. The van der Waals surface area contributed by atoms with Crippen LogP contribution in [0.3, 0.4) is 0 Å². The quantitative estimate of drug-likeness (QED) is 0.826. The third-order valence-electron chi connectivity index (χ3n) is 3.25. The van der Waals surface area contributed by atoms with E-state index in [-0.39, 0.29) is 5.88 Å². The Hall–Kier alpha value is -1.81. The van der Waals surface area contributed by atoms with Crippen LogP contribution in [-0.4, -0.2) is 40.5 Å². The highest BCUT2D eigenvalue weighted by molar-refractivity contribution is 5.86. The normalized spacial score (nSPS) is 20.6. The van der Waals surface area contributed by atoms with Gasteiger partial charge in [0.25, 0.3) is 0 Å². The van der Waals surface area contributed by atoms with Crippen molar-refractivity contribution in [3.8, 4) is 0 Å². The molecule has 0 fully saturated rings. The lowest BCUT2D eigenvalue weighted by atomic mass is 10.0. The standard InChI is InChI=1S/C14H18N2O2/c1-3-15-12(10-17)13(14(18)16(15)4-2)11-8-6-5-7-9-11/h5-10,12,18H,3-4H2,1-2H3. The zero-order valence-electron chi connectivity index (χ0n) is 10.7. The summed E-state index contributed by atoms with van der Waals surface area (Å²) in [5, 5.41) is 13.9. The van der Waals surface area contributed by atoms with Gasteiger partial charge in [0.2, 0.25) is 5.88 Å². The van der Waals surface area contributed by atoms with Crippen molar-refractivity contribution < 1.29 is 9.90 Å². The molecule has 1 heterocycles. The Morgan fingerprint density at radius 1 is 1.22 bits per heavy atom. The molecule has 0 aliphatic carbocycles. The van der Waals surface area contributed by atoms with Crippen molar-refractivity contribution in [2.24, 2.45) is 0 Å². The summed E-state index contributed by atoms with van der Waals surface area (Å²) in [5.41, 5.74) is 1.58. The highest BCUT2D eigenvalue weighted by Gasteiger charge is 2.37. The van der Waals surface area contributed by atoms with Crippen LogP contribution >= 0.6 is 0 Å². The van der Waals surface area contributed by atoms with E-state index in [2.05, 4.69) is 0 Å². The zero-order valence-corrected chi connectivity index (χ0v) is 10.7. The van der Waals surface area contributed by atoms with E-state index in [4.69, 9.17) is 0 Å². The summed E-state index contributed by atoms with van der Waals surface area (Å²) in [6, 6.07) is 9.15. The largest absolute Gasteiger partial charge is 0.494 e.